The summed E-state index contributed by atoms with van der Waals surface area (Å²) in [5.74, 6) is -0.289. The average molecular weight is 373 g/mol. The van der Waals surface area contributed by atoms with E-state index < -0.39 is 5.60 Å². The van der Waals surface area contributed by atoms with Gasteiger partial charge in [-0.2, -0.15) is 0 Å². The predicted octanol–water partition coefficient (Wildman–Crippen LogP) is 2.58. The molecule has 0 spiro atoms. The number of hydrogen-bond donors (Lipinski definition) is 1. The molecule has 1 N–H and O–H groups in total. The number of hydrogen-bond acceptors (Lipinski definition) is 4. The van der Waals surface area contributed by atoms with Gasteiger partial charge in [-0.25, -0.2) is 4.79 Å². The fraction of sp³-hybridized carbons (Fsp3) is 0.550. The second-order valence-corrected chi connectivity index (χ2v) is 8.02. The standard InChI is InChI=1S/C20H27N3O4/c1-20(2,3)27-19(26)23-12-10-22(11-13-23)17(24)9-8-15-14-6-4-5-7-16(14)21-18(15)25/h4-7,15H,8-13H2,1-3H3,(H,21,25). The van der Waals surface area contributed by atoms with E-state index >= 15 is 0 Å². The largest absolute Gasteiger partial charge is 0.444 e. The molecule has 2 aliphatic heterocycles. The molecule has 1 aromatic rings. The first-order valence-electron chi connectivity index (χ1n) is 9.40. The zero-order valence-corrected chi connectivity index (χ0v) is 16.2. The van der Waals surface area contributed by atoms with Gasteiger partial charge in [-0.15, -0.1) is 0 Å². The summed E-state index contributed by atoms with van der Waals surface area (Å²) >= 11 is 0. The van der Waals surface area contributed by atoms with E-state index in [0.717, 1.165) is 11.3 Å². The molecule has 1 atom stereocenters. The molecule has 3 rings (SSSR count). The zero-order chi connectivity index (χ0) is 19.6. The molecule has 7 heteroatoms. The van der Waals surface area contributed by atoms with Gasteiger partial charge in [0, 0.05) is 38.3 Å². The van der Waals surface area contributed by atoms with Gasteiger partial charge in [0.25, 0.3) is 0 Å². The molecule has 7 nitrogen and oxygen atoms in total. The minimum absolute atomic E-state index is 0.0241. The lowest BCUT2D eigenvalue weighted by Gasteiger charge is -2.35. The van der Waals surface area contributed by atoms with Crippen LogP contribution in [-0.2, 0) is 14.3 Å². The lowest BCUT2D eigenvalue weighted by atomic mass is 9.95. The molecule has 0 bridgehead atoms. The van der Waals surface area contributed by atoms with Crippen LogP contribution in [0.1, 0.15) is 45.1 Å². The summed E-state index contributed by atoms with van der Waals surface area (Å²) < 4.78 is 5.37. The van der Waals surface area contributed by atoms with Crippen molar-refractivity contribution in [3.8, 4) is 0 Å². The number of nitrogens with one attached hydrogen (secondary N) is 1. The highest BCUT2D eigenvalue weighted by Crippen LogP contribution is 2.35. The second kappa shape index (κ2) is 7.58. The van der Waals surface area contributed by atoms with Crippen molar-refractivity contribution in [1.82, 2.24) is 9.80 Å². The molecule has 1 aromatic carbocycles. The van der Waals surface area contributed by atoms with Gasteiger partial charge >= 0.3 is 6.09 Å². The number of carbonyl (C=O) groups is 3. The van der Waals surface area contributed by atoms with E-state index in [1.807, 2.05) is 45.0 Å². The Kier molecular flexibility index (Phi) is 5.39. The first kappa shape index (κ1) is 19.2. The summed E-state index contributed by atoms with van der Waals surface area (Å²) in [7, 11) is 0. The Morgan fingerprint density at radius 3 is 2.41 bits per heavy atom. The van der Waals surface area contributed by atoms with Gasteiger partial charge in [0.15, 0.2) is 0 Å². The van der Waals surface area contributed by atoms with Gasteiger partial charge in [0.2, 0.25) is 11.8 Å². The Labute approximate surface area is 159 Å². The number of rotatable bonds is 3. The van der Waals surface area contributed by atoms with Gasteiger partial charge in [0.05, 0.1) is 5.92 Å². The lowest BCUT2D eigenvalue weighted by molar-refractivity contribution is -0.133. The molecule has 1 unspecified atom stereocenters. The average Bonchev–Trinajstić information content (AvgIpc) is 2.93. The summed E-state index contributed by atoms with van der Waals surface area (Å²) in [4.78, 5) is 40.2. The number of fused-ring (bicyclic) bond motifs is 1. The molecule has 146 valence electrons. The first-order valence-corrected chi connectivity index (χ1v) is 9.40. The van der Waals surface area contributed by atoms with Crippen LogP contribution < -0.4 is 5.32 Å². The van der Waals surface area contributed by atoms with E-state index in [2.05, 4.69) is 5.32 Å². The Morgan fingerprint density at radius 1 is 1.11 bits per heavy atom. The van der Waals surface area contributed by atoms with E-state index in [1.165, 1.54) is 0 Å². The number of anilines is 1. The number of nitrogens with zero attached hydrogens (tertiary/aromatic N) is 2. The summed E-state index contributed by atoms with van der Waals surface area (Å²) in [5.41, 5.74) is 1.28. The molecule has 1 saturated heterocycles. The van der Waals surface area contributed by atoms with Crippen LogP contribution in [0.4, 0.5) is 10.5 Å². The monoisotopic (exact) mass is 373 g/mol. The Hall–Kier alpha value is -2.57. The molecule has 2 heterocycles. The third kappa shape index (κ3) is 4.59. The fourth-order valence-corrected chi connectivity index (χ4v) is 3.45. The number of para-hydroxylation sites is 1. The molecule has 0 aliphatic carbocycles. The maximum absolute atomic E-state index is 12.5. The normalized spacial score (nSPS) is 19.5. The number of amides is 3. The highest BCUT2D eigenvalue weighted by Gasteiger charge is 2.32. The van der Waals surface area contributed by atoms with Crippen molar-refractivity contribution >= 4 is 23.6 Å². The fourth-order valence-electron chi connectivity index (χ4n) is 3.45. The van der Waals surface area contributed by atoms with Crippen molar-refractivity contribution in [2.24, 2.45) is 0 Å². The minimum Gasteiger partial charge on any atom is -0.444 e. The van der Waals surface area contributed by atoms with E-state index in [0.29, 0.717) is 39.0 Å². The zero-order valence-electron chi connectivity index (χ0n) is 16.2. The van der Waals surface area contributed by atoms with Crippen LogP contribution in [0.15, 0.2) is 24.3 Å². The van der Waals surface area contributed by atoms with Crippen LogP contribution in [0.25, 0.3) is 0 Å². The Morgan fingerprint density at radius 2 is 1.74 bits per heavy atom. The predicted molar refractivity (Wildman–Crippen MR) is 101 cm³/mol. The van der Waals surface area contributed by atoms with Crippen LogP contribution in [0.2, 0.25) is 0 Å². The summed E-state index contributed by atoms with van der Waals surface area (Å²) in [5, 5.41) is 2.87. The van der Waals surface area contributed by atoms with Crippen molar-refractivity contribution in [1.29, 1.82) is 0 Å². The van der Waals surface area contributed by atoms with Gasteiger partial charge in [0.1, 0.15) is 5.60 Å². The third-order valence-corrected chi connectivity index (χ3v) is 4.84. The maximum Gasteiger partial charge on any atom is 0.410 e. The van der Waals surface area contributed by atoms with Crippen LogP contribution in [0.5, 0.6) is 0 Å². The van der Waals surface area contributed by atoms with E-state index in [9.17, 15) is 14.4 Å². The van der Waals surface area contributed by atoms with Crippen LogP contribution in [0, 0.1) is 0 Å². The smallest absolute Gasteiger partial charge is 0.410 e. The summed E-state index contributed by atoms with van der Waals surface area (Å²) in [6.07, 6.45) is 0.473. The molecule has 0 aromatic heterocycles. The molecule has 0 saturated carbocycles. The van der Waals surface area contributed by atoms with E-state index in [-0.39, 0.29) is 23.8 Å². The molecule has 2 aliphatic rings. The number of carbonyl (C=O) groups excluding carboxylic acids is 3. The minimum atomic E-state index is -0.526. The molecule has 27 heavy (non-hydrogen) atoms. The van der Waals surface area contributed by atoms with Crippen LogP contribution in [-0.4, -0.2) is 59.5 Å². The van der Waals surface area contributed by atoms with Gasteiger partial charge < -0.3 is 19.9 Å². The van der Waals surface area contributed by atoms with E-state index in [1.54, 1.807) is 9.80 Å². The van der Waals surface area contributed by atoms with Gasteiger partial charge in [-0.05, 0) is 38.8 Å². The maximum atomic E-state index is 12.5. The molecule has 1 fully saturated rings. The highest BCUT2D eigenvalue weighted by molar-refractivity contribution is 6.03. The molecular weight excluding hydrogens is 346 g/mol. The van der Waals surface area contributed by atoms with Gasteiger partial charge in [-0.3, -0.25) is 9.59 Å². The molecular formula is C20H27N3O4. The topological polar surface area (TPSA) is 79.0 Å². The quantitative estimate of drug-likeness (QED) is 0.883. The van der Waals surface area contributed by atoms with Crippen molar-refractivity contribution in [2.45, 2.75) is 45.1 Å². The third-order valence-electron chi connectivity index (χ3n) is 4.84. The Balaban J connectivity index is 1.48. The van der Waals surface area contributed by atoms with Crippen molar-refractivity contribution < 1.29 is 19.1 Å². The Bertz CT molecular complexity index is 733. The summed E-state index contributed by atoms with van der Waals surface area (Å²) in [6, 6.07) is 7.60. The molecule has 0 radical (unpaired) electrons. The van der Waals surface area contributed by atoms with Crippen LogP contribution >= 0.6 is 0 Å². The number of ether oxygens (including phenoxy) is 1. The van der Waals surface area contributed by atoms with E-state index in [4.69, 9.17) is 4.74 Å². The first-order chi connectivity index (χ1) is 12.7. The van der Waals surface area contributed by atoms with Crippen molar-refractivity contribution in [2.75, 3.05) is 31.5 Å². The highest BCUT2D eigenvalue weighted by atomic mass is 16.6. The van der Waals surface area contributed by atoms with Crippen LogP contribution in [0.3, 0.4) is 0 Å². The number of benzene rings is 1. The summed E-state index contributed by atoms with van der Waals surface area (Å²) in [6.45, 7) is 7.42. The molecule has 3 amide bonds. The second-order valence-electron chi connectivity index (χ2n) is 8.02. The van der Waals surface area contributed by atoms with Gasteiger partial charge in [-0.1, -0.05) is 18.2 Å². The van der Waals surface area contributed by atoms with Crippen molar-refractivity contribution in [3.05, 3.63) is 29.8 Å². The lowest BCUT2D eigenvalue weighted by Crippen LogP contribution is -2.51. The van der Waals surface area contributed by atoms with Crippen molar-refractivity contribution in [3.63, 3.8) is 0 Å². The SMILES string of the molecule is CC(C)(C)OC(=O)N1CCN(C(=O)CCC2C(=O)Nc3ccccc32)CC1. The number of piperazine rings is 1.